The first-order valence-corrected chi connectivity index (χ1v) is 6.26. The molecule has 94 valence electrons. The second-order valence-corrected chi connectivity index (χ2v) is 4.81. The third-order valence-corrected chi connectivity index (χ3v) is 3.52. The van der Waals surface area contributed by atoms with E-state index in [1.807, 2.05) is 6.92 Å². The van der Waals surface area contributed by atoms with Crippen molar-refractivity contribution in [1.29, 1.82) is 0 Å². The van der Waals surface area contributed by atoms with Gasteiger partial charge < -0.3 is 15.5 Å². The van der Waals surface area contributed by atoms with Crippen LogP contribution in [0, 0.1) is 12.8 Å². The van der Waals surface area contributed by atoms with Crippen LogP contribution in [-0.4, -0.2) is 18.5 Å². The average molecular weight is 236 g/mol. The molecule has 1 aliphatic rings. The summed E-state index contributed by atoms with van der Waals surface area (Å²) in [5.74, 6) is 1.13. The Balaban J connectivity index is 1.97. The molecule has 2 atom stereocenters. The lowest BCUT2D eigenvalue weighted by molar-refractivity contribution is 0.0907. The van der Waals surface area contributed by atoms with Crippen molar-refractivity contribution < 1.29 is 9.21 Å². The molecule has 1 aliphatic carbocycles. The SMILES string of the molecule is Cc1cc(C(=O)NC2CCCCC2CN)co1. The molecule has 1 heterocycles. The molecule has 17 heavy (non-hydrogen) atoms. The predicted octanol–water partition coefficient (Wildman–Crippen LogP) is 1.84. The maximum Gasteiger partial charge on any atom is 0.254 e. The highest BCUT2D eigenvalue weighted by atomic mass is 16.3. The van der Waals surface area contributed by atoms with Crippen molar-refractivity contribution in [2.75, 3.05) is 6.54 Å². The first kappa shape index (κ1) is 12.2. The van der Waals surface area contributed by atoms with Gasteiger partial charge in [0.15, 0.2) is 0 Å². The van der Waals surface area contributed by atoms with Crippen molar-refractivity contribution >= 4 is 5.91 Å². The Hall–Kier alpha value is -1.29. The standard InChI is InChI=1S/C13H20N2O2/c1-9-6-11(8-17-9)13(16)15-12-5-3-2-4-10(12)7-14/h6,8,10,12H,2-5,7,14H2,1H3,(H,15,16). The van der Waals surface area contributed by atoms with E-state index in [1.54, 1.807) is 6.07 Å². The second-order valence-electron chi connectivity index (χ2n) is 4.81. The Morgan fingerprint density at radius 3 is 2.94 bits per heavy atom. The van der Waals surface area contributed by atoms with E-state index in [2.05, 4.69) is 5.32 Å². The normalized spacial score (nSPS) is 24.6. The lowest BCUT2D eigenvalue weighted by Gasteiger charge is -2.31. The lowest BCUT2D eigenvalue weighted by atomic mass is 9.84. The van der Waals surface area contributed by atoms with E-state index >= 15 is 0 Å². The predicted molar refractivity (Wildman–Crippen MR) is 65.7 cm³/mol. The molecule has 0 aliphatic heterocycles. The fraction of sp³-hybridized carbons (Fsp3) is 0.615. The smallest absolute Gasteiger partial charge is 0.254 e. The molecule has 1 saturated carbocycles. The molecule has 0 aromatic carbocycles. The quantitative estimate of drug-likeness (QED) is 0.841. The molecule has 1 amide bonds. The van der Waals surface area contributed by atoms with Gasteiger partial charge in [-0.05, 0) is 38.3 Å². The third kappa shape index (κ3) is 2.88. The van der Waals surface area contributed by atoms with E-state index < -0.39 is 0 Å². The van der Waals surface area contributed by atoms with E-state index in [9.17, 15) is 4.79 Å². The fourth-order valence-corrected chi connectivity index (χ4v) is 2.49. The summed E-state index contributed by atoms with van der Waals surface area (Å²) in [6.45, 7) is 2.48. The van der Waals surface area contributed by atoms with Crippen LogP contribution in [0.3, 0.4) is 0 Å². The zero-order chi connectivity index (χ0) is 12.3. The first-order valence-electron chi connectivity index (χ1n) is 6.26. The van der Waals surface area contributed by atoms with Crippen molar-refractivity contribution in [2.24, 2.45) is 11.7 Å². The van der Waals surface area contributed by atoms with Crippen molar-refractivity contribution in [3.63, 3.8) is 0 Å². The minimum Gasteiger partial charge on any atom is -0.469 e. The van der Waals surface area contributed by atoms with Gasteiger partial charge in [-0.1, -0.05) is 12.8 Å². The molecule has 2 rings (SSSR count). The molecule has 0 spiro atoms. The van der Waals surface area contributed by atoms with Crippen LogP contribution < -0.4 is 11.1 Å². The Labute approximate surface area is 102 Å². The Kier molecular flexibility index (Phi) is 3.84. The monoisotopic (exact) mass is 236 g/mol. The summed E-state index contributed by atoms with van der Waals surface area (Å²) in [4.78, 5) is 12.0. The number of rotatable bonds is 3. The number of carbonyl (C=O) groups excluding carboxylic acids is 1. The number of hydrogen-bond donors (Lipinski definition) is 2. The lowest BCUT2D eigenvalue weighted by Crippen LogP contribution is -2.44. The maximum atomic E-state index is 12.0. The summed E-state index contributed by atoms with van der Waals surface area (Å²) in [6.07, 6.45) is 6.05. The van der Waals surface area contributed by atoms with Gasteiger partial charge in [-0.3, -0.25) is 4.79 Å². The summed E-state index contributed by atoms with van der Waals surface area (Å²) in [6, 6.07) is 1.98. The maximum absolute atomic E-state index is 12.0. The van der Waals surface area contributed by atoms with Crippen molar-refractivity contribution in [2.45, 2.75) is 38.6 Å². The number of carbonyl (C=O) groups is 1. The molecule has 2 unspecified atom stereocenters. The van der Waals surface area contributed by atoms with Gasteiger partial charge >= 0.3 is 0 Å². The highest BCUT2D eigenvalue weighted by molar-refractivity contribution is 5.94. The number of hydrogen-bond acceptors (Lipinski definition) is 3. The topological polar surface area (TPSA) is 68.3 Å². The second kappa shape index (κ2) is 5.36. The number of nitrogens with two attached hydrogens (primary N) is 1. The van der Waals surface area contributed by atoms with Gasteiger partial charge in [0.25, 0.3) is 5.91 Å². The van der Waals surface area contributed by atoms with Crippen LogP contribution in [0.15, 0.2) is 16.7 Å². The van der Waals surface area contributed by atoms with Gasteiger partial charge in [0, 0.05) is 6.04 Å². The van der Waals surface area contributed by atoms with Gasteiger partial charge in [-0.25, -0.2) is 0 Å². The van der Waals surface area contributed by atoms with Crippen LogP contribution in [0.1, 0.15) is 41.8 Å². The Morgan fingerprint density at radius 1 is 1.53 bits per heavy atom. The minimum atomic E-state index is -0.0489. The van der Waals surface area contributed by atoms with E-state index in [0.717, 1.165) is 18.6 Å². The van der Waals surface area contributed by atoms with Crippen LogP contribution in [0.2, 0.25) is 0 Å². The highest BCUT2D eigenvalue weighted by Crippen LogP contribution is 2.23. The van der Waals surface area contributed by atoms with Gasteiger partial charge in [0.2, 0.25) is 0 Å². The highest BCUT2D eigenvalue weighted by Gasteiger charge is 2.25. The summed E-state index contributed by atoms with van der Waals surface area (Å²) in [5, 5.41) is 3.07. The average Bonchev–Trinajstić information content (AvgIpc) is 2.77. The number of nitrogens with one attached hydrogen (secondary N) is 1. The molecule has 3 N–H and O–H groups in total. The molecule has 4 nitrogen and oxygen atoms in total. The van der Waals surface area contributed by atoms with Crippen molar-refractivity contribution in [3.05, 3.63) is 23.7 Å². The Bertz CT molecular complexity index is 387. The van der Waals surface area contributed by atoms with Gasteiger partial charge in [-0.15, -0.1) is 0 Å². The molecular formula is C13H20N2O2. The fourth-order valence-electron chi connectivity index (χ4n) is 2.49. The van der Waals surface area contributed by atoms with Crippen LogP contribution in [0.4, 0.5) is 0 Å². The Morgan fingerprint density at radius 2 is 2.29 bits per heavy atom. The summed E-state index contributed by atoms with van der Waals surface area (Å²) < 4.78 is 5.14. The number of aryl methyl sites for hydroxylation is 1. The van der Waals surface area contributed by atoms with Gasteiger partial charge in [-0.2, -0.15) is 0 Å². The zero-order valence-electron chi connectivity index (χ0n) is 10.2. The zero-order valence-corrected chi connectivity index (χ0v) is 10.2. The van der Waals surface area contributed by atoms with E-state index in [0.29, 0.717) is 18.0 Å². The molecule has 1 aromatic rings. The van der Waals surface area contributed by atoms with Crippen LogP contribution in [0.25, 0.3) is 0 Å². The van der Waals surface area contributed by atoms with Gasteiger partial charge in [0.1, 0.15) is 12.0 Å². The van der Waals surface area contributed by atoms with E-state index in [-0.39, 0.29) is 11.9 Å². The van der Waals surface area contributed by atoms with Crippen molar-refractivity contribution in [3.8, 4) is 0 Å². The largest absolute Gasteiger partial charge is 0.469 e. The first-order chi connectivity index (χ1) is 8.20. The minimum absolute atomic E-state index is 0.0489. The molecule has 1 aromatic heterocycles. The molecule has 0 bridgehead atoms. The summed E-state index contributed by atoms with van der Waals surface area (Å²) >= 11 is 0. The van der Waals surface area contributed by atoms with Crippen LogP contribution in [0.5, 0.6) is 0 Å². The molecule has 4 heteroatoms. The molecule has 0 saturated heterocycles. The summed E-state index contributed by atoms with van der Waals surface area (Å²) in [7, 11) is 0. The number of furan rings is 1. The van der Waals surface area contributed by atoms with E-state index in [1.165, 1.54) is 19.1 Å². The number of amides is 1. The molecule has 0 radical (unpaired) electrons. The summed E-state index contributed by atoms with van der Waals surface area (Å²) in [5.41, 5.74) is 6.34. The van der Waals surface area contributed by atoms with Crippen LogP contribution in [-0.2, 0) is 0 Å². The molecular weight excluding hydrogens is 216 g/mol. The van der Waals surface area contributed by atoms with Gasteiger partial charge in [0.05, 0.1) is 5.56 Å². The van der Waals surface area contributed by atoms with Crippen molar-refractivity contribution in [1.82, 2.24) is 5.32 Å². The van der Waals surface area contributed by atoms with E-state index in [4.69, 9.17) is 10.2 Å². The third-order valence-electron chi connectivity index (χ3n) is 3.52. The van der Waals surface area contributed by atoms with Crippen LogP contribution >= 0.6 is 0 Å². The molecule has 1 fully saturated rings.